The Morgan fingerprint density at radius 1 is 0.917 bits per heavy atom. The summed E-state index contributed by atoms with van der Waals surface area (Å²) in [6.07, 6.45) is 3.72. The highest BCUT2D eigenvalue weighted by atomic mass is 32.2. The molecule has 8 heteroatoms. The molecule has 2 aliphatic rings. The maximum atomic E-state index is 12.0. The van der Waals surface area contributed by atoms with Crippen molar-refractivity contribution >= 4 is 21.7 Å². The number of rotatable bonds is 4. The topological polar surface area (TPSA) is 69.6 Å². The van der Waals surface area contributed by atoms with Crippen LogP contribution in [0.3, 0.4) is 0 Å². The first-order valence-electron chi connectivity index (χ1n) is 8.83. The molecule has 3 rings (SSSR count). The molecule has 7 nitrogen and oxygen atoms in total. The minimum Gasteiger partial charge on any atom is -0.356 e. The molecule has 3 heterocycles. The molecule has 2 aliphatic heterocycles. The molecular weight excluding hydrogens is 326 g/mol. The number of hydrogen-bond donors (Lipinski definition) is 0. The van der Waals surface area contributed by atoms with Crippen LogP contribution in [0.25, 0.3) is 0 Å². The quantitative estimate of drug-likeness (QED) is 0.811. The van der Waals surface area contributed by atoms with Gasteiger partial charge in [-0.2, -0.15) is 4.31 Å². The van der Waals surface area contributed by atoms with E-state index in [9.17, 15) is 8.42 Å². The molecule has 0 bridgehead atoms. The second-order valence-corrected chi connectivity index (χ2v) is 8.72. The fraction of sp³-hybridized carbons (Fsp3) is 0.750. The average Bonchev–Trinajstić information content (AvgIpc) is 2.62. The Balaban J connectivity index is 1.72. The van der Waals surface area contributed by atoms with Crippen molar-refractivity contribution in [2.75, 3.05) is 54.8 Å². The number of sulfonamides is 1. The molecule has 0 saturated carbocycles. The Kier molecular flexibility index (Phi) is 5.24. The highest BCUT2D eigenvalue weighted by Gasteiger charge is 2.26. The minimum absolute atomic E-state index is 0.165. The van der Waals surface area contributed by atoms with Gasteiger partial charge in [0.2, 0.25) is 10.0 Å². The lowest BCUT2D eigenvalue weighted by molar-refractivity contribution is 0.384. The molecule has 24 heavy (non-hydrogen) atoms. The zero-order valence-corrected chi connectivity index (χ0v) is 15.4. The van der Waals surface area contributed by atoms with Crippen molar-refractivity contribution in [1.82, 2.24) is 14.3 Å². The van der Waals surface area contributed by atoms with Gasteiger partial charge in [-0.1, -0.05) is 0 Å². The van der Waals surface area contributed by atoms with Gasteiger partial charge in [0.15, 0.2) is 0 Å². The Hall–Kier alpha value is -1.41. The second kappa shape index (κ2) is 7.23. The predicted molar refractivity (Wildman–Crippen MR) is 96.1 cm³/mol. The molecule has 2 fully saturated rings. The van der Waals surface area contributed by atoms with E-state index in [0.717, 1.165) is 30.5 Å². The number of nitrogens with zero attached hydrogens (tertiary/aromatic N) is 5. The normalized spacial score (nSPS) is 20.4. The second-order valence-electron chi connectivity index (χ2n) is 6.47. The van der Waals surface area contributed by atoms with Gasteiger partial charge < -0.3 is 9.80 Å². The summed E-state index contributed by atoms with van der Waals surface area (Å²) < 4.78 is 25.6. The van der Waals surface area contributed by atoms with Crippen molar-refractivity contribution in [2.45, 2.75) is 33.1 Å². The molecule has 134 valence electrons. The summed E-state index contributed by atoms with van der Waals surface area (Å²) in [5.74, 6) is 2.85. The van der Waals surface area contributed by atoms with Crippen molar-refractivity contribution in [3.63, 3.8) is 0 Å². The molecule has 0 N–H and O–H groups in total. The summed E-state index contributed by atoms with van der Waals surface area (Å²) in [4.78, 5) is 13.7. The standard InChI is InChI=1S/C16H27N5O2S/c1-3-24(22,23)21-11-9-20(10-12-21)16-13-15(17-14(2)18-16)19-7-5-4-6-8-19/h13H,3-12H2,1-2H3. The third kappa shape index (κ3) is 3.80. The molecular formula is C16H27N5O2S. The monoisotopic (exact) mass is 353 g/mol. The zero-order valence-electron chi connectivity index (χ0n) is 14.6. The van der Waals surface area contributed by atoms with Crippen LogP contribution in [0.15, 0.2) is 6.07 Å². The Morgan fingerprint density at radius 3 is 2.00 bits per heavy atom. The first kappa shape index (κ1) is 17.4. The van der Waals surface area contributed by atoms with Crippen LogP contribution in [-0.4, -0.2) is 67.7 Å². The van der Waals surface area contributed by atoms with Crippen molar-refractivity contribution in [3.05, 3.63) is 11.9 Å². The number of anilines is 2. The Bertz CT molecular complexity index is 665. The summed E-state index contributed by atoms with van der Waals surface area (Å²) in [5, 5.41) is 0. The van der Waals surface area contributed by atoms with Gasteiger partial charge in [0.1, 0.15) is 17.5 Å². The van der Waals surface area contributed by atoms with Gasteiger partial charge in [0, 0.05) is 45.3 Å². The number of aryl methyl sites for hydroxylation is 1. The van der Waals surface area contributed by atoms with Crippen LogP contribution in [0, 0.1) is 6.92 Å². The molecule has 0 spiro atoms. The van der Waals surface area contributed by atoms with Gasteiger partial charge >= 0.3 is 0 Å². The fourth-order valence-electron chi connectivity index (χ4n) is 3.36. The van der Waals surface area contributed by atoms with Crippen LogP contribution in [0.4, 0.5) is 11.6 Å². The van der Waals surface area contributed by atoms with E-state index in [0.29, 0.717) is 26.2 Å². The number of hydrogen-bond acceptors (Lipinski definition) is 6. The lowest BCUT2D eigenvalue weighted by Crippen LogP contribution is -2.49. The molecule has 1 aromatic heterocycles. The third-order valence-corrected chi connectivity index (χ3v) is 6.69. The van der Waals surface area contributed by atoms with E-state index in [-0.39, 0.29) is 5.75 Å². The van der Waals surface area contributed by atoms with Gasteiger partial charge in [-0.05, 0) is 33.1 Å². The summed E-state index contributed by atoms with van der Waals surface area (Å²) >= 11 is 0. The van der Waals surface area contributed by atoms with Crippen molar-refractivity contribution in [1.29, 1.82) is 0 Å². The van der Waals surface area contributed by atoms with Gasteiger partial charge in [0.05, 0.1) is 5.75 Å². The molecule has 0 aromatic carbocycles. The van der Waals surface area contributed by atoms with E-state index < -0.39 is 10.0 Å². The van der Waals surface area contributed by atoms with E-state index in [4.69, 9.17) is 0 Å². The van der Waals surface area contributed by atoms with Crippen LogP contribution in [0.5, 0.6) is 0 Å². The summed E-state index contributed by atoms with van der Waals surface area (Å²) in [6.45, 7) is 8.13. The highest BCUT2D eigenvalue weighted by molar-refractivity contribution is 7.89. The highest BCUT2D eigenvalue weighted by Crippen LogP contribution is 2.23. The summed E-state index contributed by atoms with van der Waals surface area (Å²) in [6, 6.07) is 2.06. The SMILES string of the molecule is CCS(=O)(=O)N1CCN(c2cc(N3CCCCC3)nc(C)n2)CC1. The van der Waals surface area contributed by atoms with Gasteiger partial charge in [-0.15, -0.1) is 0 Å². The van der Waals surface area contributed by atoms with Crippen molar-refractivity contribution in [2.24, 2.45) is 0 Å². The van der Waals surface area contributed by atoms with Crippen LogP contribution in [-0.2, 0) is 10.0 Å². The third-order valence-electron chi connectivity index (χ3n) is 4.81. The van der Waals surface area contributed by atoms with Crippen molar-refractivity contribution in [3.8, 4) is 0 Å². The van der Waals surface area contributed by atoms with E-state index >= 15 is 0 Å². The molecule has 0 amide bonds. The lowest BCUT2D eigenvalue weighted by Gasteiger charge is -2.35. The van der Waals surface area contributed by atoms with Gasteiger partial charge in [-0.25, -0.2) is 18.4 Å². The van der Waals surface area contributed by atoms with Crippen LogP contribution in [0.1, 0.15) is 32.0 Å². The van der Waals surface area contributed by atoms with Crippen LogP contribution < -0.4 is 9.80 Å². The smallest absolute Gasteiger partial charge is 0.213 e. The largest absolute Gasteiger partial charge is 0.356 e. The Labute approximate surface area is 144 Å². The first-order chi connectivity index (χ1) is 11.5. The molecule has 0 unspecified atom stereocenters. The minimum atomic E-state index is -3.09. The van der Waals surface area contributed by atoms with Gasteiger partial charge in [0.25, 0.3) is 0 Å². The molecule has 0 radical (unpaired) electrons. The van der Waals surface area contributed by atoms with E-state index in [1.165, 1.54) is 19.3 Å². The predicted octanol–water partition coefficient (Wildman–Crippen LogP) is 1.25. The molecule has 2 saturated heterocycles. The zero-order chi connectivity index (χ0) is 17.2. The van der Waals surface area contributed by atoms with Crippen LogP contribution in [0.2, 0.25) is 0 Å². The average molecular weight is 353 g/mol. The fourth-order valence-corrected chi connectivity index (χ4v) is 4.45. The molecule has 0 atom stereocenters. The van der Waals surface area contributed by atoms with E-state index in [1.807, 2.05) is 6.92 Å². The number of piperidine rings is 1. The summed E-state index contributed by atoms with van der Waals surface area (Å²) in [7, 11) is -3.09. The van der Waals surface area contributed by atoms with E-state index in [1.54, 1.807) is 11.2 Å². The van der Waals surface area contributed by atoms with E-state index in [2.05, 4.69) is 25.8 Å². The van der Waals surface area contributed by atoms with Gasteiger partial charge in [-0.3, -0.25) is 0 Å². The maximum absolute atomic E-state index is 12.0. The number of piperazine rings is 1. The van der Waals surface area contributed by atoms with Crippen LogP contribution >= 0.6 is 0 Å². The first-order valence-corrected chi connectivity index (χ1v) is 10.4. The van der Waals surface area contributed by atoms with Crippen molar-refractivity contribution < 1.29 is 8.42 Å². The lowest BCUT2D eigenvalue weighted by atomic mass is 10.1. The molecule has 1 aromatic rings. The maximum Gasteiger partial charge on any atom is 0.213 e. The summed E-state index contributed by atoms with van der Waals surface area (Å²) in [5.41, 5.74) is 0. The number of aromatic nitrogens is 2. The molecule has 0 aliphatic carbocycles. The Morgan fingerprint density at radius 2 is 1.46 bits per heavy atom.